The van der Waals surface area contributed by atoms with Crippen LogP contribution in [0.25, 0.3) is 4.96 Å². The average molecular weight is 277 g/mol. The fourth-order valence-electron chi connectivity index (χ4n) is 3.30. The molecule has 4 heteroatoms. The molecule has 1 N–H and O–H groups in total. The molecule has 104 valence electrons. The monoisotopic (exact) mass is 277 g/mol. The molecule has 1 aliphatic rings. The van der Waals surface area contributed by atoms with E-state index in [1.54, 1.807) is 11.3 Å². The molecule has 2 heterocycles. The Kier molecular flexibility index (Phi) is 3.89. The van der Waals surface area contributed by atoms with Crippen LogP contribution in [-0.4, -0.2) is 22.0 Å². The summed E-state index contributed by atoms with van der Waals surface area (Å²) in [6, 6.07) is 0.716. The minimum Gasteiger partial charge on any atom is -0.314 e. The Hall–Kier alpha value is -0.870. The van der Waals surface area contributed by atoms with Crippen molar-refractivity contribution in [2.45, 2.75) is 45.6 Å². The van der Waals surface area contributed by atoms with Gasteiger partial charge in [-0.1, -0.05) is 13.8 Å². The van der Waals surface area contributed by atoms with Gasteiger partial charge < -0.3 is 5.32 Å². The average Bonchev–Trinajstić information content (AvgIpc) is 3.05. The normalized spacial score (nSPS) is 27.4. The molecular weight excluding hydrogens is 254 g/mol. The van der Waals surface area contributed by atoms with Gasteiger partial charge in [-0.2, -0.15) is 0 Å². The Balaban J connectivity index is 1.62. The van der Waals surface area contributed by atoms with Crippen molar-refractivity contribution < 1.29 is 0 Å². The number of thiazole rings is 1. The van der Waals surface area contributed by atoms with Crippen molar-refractivity contribution >= 4 is 16.3 Å². The van der Waals surface area contributed by atoms with Crippen LogP contribution in [0.15, 0.2) is 17.8 Å². The Labute approximate surface area is 119 Å². The zero-order chi connectivity index (χ0) is 13.2. The molecule has 2 aromatic heterocycles. The molecule has 1 saturated carbocycles. The van der Waals surface area contributed by atoms with Gasteiger partial charge in [0, 0.05) is 23.8 Å². The lowest BCUT2D eigenvalue weighted by molar-refractivity contribution is 0.350. The maximum atomic E-state index is 4.72. The molecule has 0 saturated heterocycles. The summed E-state index contributed by atoms with van der Waals surface area (Å²) < 4.78 is 2.15. The van der Waals surface area contributed by atoms with Crippen LogP contribution in [0.4, 0.5) is 0 Å². The van der Waals surface area contributed by atoms with Gasteiger partial charge in [-0.3, -0.25) is 4.40 Å². The number of fused-ring (bicyclic) bond motifs is 1. The molecule has 1 fully saturated rings. The minimum atomic E-state index is 0.716. The van der Waals surface area contributed by atoms with Crippen molar-refractivity contribution in [3.63, 3.8) is 0 Å². The molecule has 19 heavy (non-hydrogen) atoms. The van der Waals surface area contributed by atoms with Crippen molar-refractivity contribution in [1.82, 2.24) is 14.7 Å². The molecule has 0 bridgehead atoms. The summed E-state index contributed by atoms with van der Waals surface area (Å²) in [7, 11) is 0. The number of aromatic nitrogens is 2. The summed E-state index contributed by atoms with van der Waals surface area (Å²) in [5.74, 6) is 1.56. The number of nitrogens with zero attached hydrogens (tertiary/aromatic N) is 2. The van der Waals surface area contributed by atoms with Gasteiger partial charge in [-0.25, -0.2) is 4.98 Å². The largest absolute Gasteiger partial charge is 0.314 e. The van der Waals surface area contributed by atoms with Crippen LogP contribution < -0.4 is 5.32 Å². The topological polar surface area (TPSA) is 29.3 Å². The molecule has 3 nitrogen and oxygen atoms in total. The second-order valence-corrected chi connectivity index (χ2v) is 6.66. The van der Waals surface area contributed by atoms with E-state index in [0.29, 0.717) is 6.04 Å². The zero-order valence-corrected chi connectivity index (χ0v) is 12.6. The van der Waals surface area contributed by atoms with Gasteiger partial charge in [0.05, 0.1) is 5.69 Å². The van der Waals surface area contributed by atoms with E-state index >= 15 is 0 Å². The van der Waals surface area contributed by atoms with E-state index in [9.17, 15) is 0 Å². The second-order valence-electron chi connectivity index (χ2n) is 5.79. The van der Waals surface area contributed by atoms with Crippen LogP contribution >= 0.6 is 11.3 Å². The predicted molar refractivity (Wildman–Crippen MR) is 80.7 cm³/mol. The van der Waals surface area contributed by atoms with Crippen molar-refractivity contribution in [2.24, 2.45) is 11.8 Å². The summed E-state index contributed by atoms with van der Waals surface area (Å²) in [6.07, 6.45) is 9.33. The smallest absolute Gasteiger partial charge is 0.193 e. The number of rotatable bonds is 5. The Morgan fingerprint density at radius 1 is 1.47 bits per heavy atom. The fourth-order valence-corrected chi connectivity index (χ4v) is 4.02. The second kappa shape index (κ2) is 5.63. The van der Waals surface area contributed by atoms with Gasteiger partial charge in [0.1, 0.15) is 0 Å². The van der Waals surface area contributed by atoms with Gasteiger partial charge >= 0.3 is 0 Å². The highest BCUT2D eigenvalue weighted by molar-refractivity contribution is 7.15. The summed E-state index contributed by atoms with van der Waals surface area (Å²) in [6.45, 7) is 5.80. The molecule has 3 unspecified atom stereocenters. The Bertz CT molecular complexity index is 502. The highest BCUT2D eigenvalue weighted by Crippen LogP contribution is 2.34. The van der Waals surface area contributed by atoms with Gasteiger partial charge in [0.2, 0.25) is 0 Å². The van der Waals surface area contributed by atoms with Gasteiger partial charge in [-0.15, -0.1) is 11.3 Å². The molecule has 0 aliphatic heterocycles. The lowest BCUT2D eigenvalue weighted by Crippen LogP contribution is -2.33. The molecule has 2 aromatic rings. The third-order valence-electron chi connectivity index (χ3n) is 4.50. The summed E-state index contributed by atoms with van der Waals surface area (Å²) >= 11 is 1.72. The fraction of sp³-hybridized carbons (Fsp3) is 0.667. The maximum absolute atomic E-state index is 4.72. The molecule has 0 spiro atoms. The number of imidazole rings is 1. The minimum absolute atomic E-state index is 0.716. The van der Waals surface area contributed by atoms with Gasteiger partial charge in [-0.05, 0) is 44.1 Å². The Morgan fingerprint density at radius 3 is 3.16 bits per heavy atom. The quantitative estimate of drug-likeness (QED) is 0.908. The van der Waals surface area contributed by atoms with Crippen molar-refractivity contribution in [3.05, 3.63) is 23.5 Å². The van der Waals surface area contributed by atoms with E-state index in [-0.39, 0.29) is 0 Å². The van der Waals surface area contributed by atoms with Crippen LogP contribution in [0.3, 0.4) is 0 Å². The standard InChI is InChI=1S/C15H23N3S/c1-3-6-16-14-5-4-12(11(14)2)9-13-10-18-7-8-19-15(18)17-13/h7-8,10-12,14,16H,3-6,9H2,1-2H3. The van der Waals surface area contributed by atoms with E-state index < -0.39 is 0 Å². The Morgan fingerprint density at radius 2 is 2.37 bits per heavy atom. The van der Waals surface area contributed by atoms with Crippen molar-refractivity contribution in [2.75, 3.05) is 6.54 Å². The number of hydrogen-bond donors (Lipinski definition) is 1. The summed E-state index contributed by atoms with van der Waals surface area (Å²) in [5.41, 5.74) is 1.26. The highest BCUT2D eigenvalue weighted by Gasteiger charge is 2.32. The van der Waals surface area contributed by atoms with E-state index in [2.05, 4.69) is 41.3 Å². The van der Waals surface area contributed by atoms with Crippen LogP contribution in [-0.2, 0) is 6.42 Å². The lowest BCUT2D eigenvalue weighted by atomic mass is 9.91. The molecule has 0 amide bonds. The van der Waals surface area contributed by atoms with Crippen LogP contribution in [0.2, 0.25) is 0 Å². The first-order chi connectivity index (χ1) is 9.28. The first-order valence-electron chi connectivity index (χ1n) is 7.42. The van der Waals surface area contributed by atoms with Gasteiger partial charge in [0.15, 0.2) is 4.96 Å². The molecule has 3 atom stereocenters. The number of hydrogen-bond acceptors (Lipinski definition) is 3. The van der Waals surface area contributed by atoms with Crippen LogP contribution in [0.1, 0.15) is 38.8 Å². The molecular formula is C15H23N3S. The molecule has 1 aliphatic carbocycles. The molecule has 3 rings (SSSR count). The van der Waals surface area contributed by atoms with Gasteiger partial charge in [0.25, 0.3) is 0 Å². The number of nitrogens with one attached hydrogen (secondary N) is 1. The van der Waals surface area contributed by atoms with E-state index in [1.165, 1.54) is 25.0 Å². The molecule has 0 aromatic carbocycles. The highest BCUT2D eigenvalue weighted by atomic mass is 32.1. The van der Waals surface area contributed by atoms with Crippen molar-refractivity contribution in [1.29, 1.82) is 0 Å². The molecule has 0 radical (unpaired) electrons. The van der Waals surface area contributed by atoms with E-state index in [0.717, 1.165) is 29.8 Å². The van der Waals surface area contributed by atoms with Crippen LogP contribution in [0, 0.1) is 11.8 Å². The first-order valence-corrected chi connectivity index (χ1v) is 8.30. The summed E-state index contributed by atoms with van der Waals surface area (Å²) in [5, 5.41) is 5.79. The first kappa shape index (κ1) is 13.1. The van der Waals surface area contributed by atoms with E-state index in [4.69, 9.17) is 4.98 Å². The van der Waals surface area contributed by atoms with E-state index in [1.807, 2.05) is 0 Å². The zero-order valence-electron chi connectivity index (χ0n) is 11.8. The maximum Gasteiger partial charge on any atom is 0.193 e. The third kappa shape index (κ3) is 2.70. The van der Waals surface area contributed by atoms with Crippen molar-refractivity contribution in [3.8, 4) is 0 Å². The predicted octanol–water partition coefficient (Wildman–Crippen LogP) is 3.35. The SMILES string of the molecule is CCCNC1CCC(Cc2cn3ccsc3n2)C1C. The lowest BCUT2D eigenvalue weighted by Gasteiger charge is -2.21. The third-order valence-corrected chi connectivity index (χ3v) is 5.27. The summed E-state index contributed by atoms with van der Waals surface area (Å²) in [4.78, 5) is 5.85. The van der Waals surface area contributed by atoms with Crippen LogP contribution in [0.5, 0.6) is 0 Å².